The number of hydrogen-bond donors (Lipinski definition) is 2. The smallest absolute Gasteiger partial charge is 0.346 e. The molecule has 0 fully saturated rings. The highest BCUT2D eigenvalue weighted by atomic mass is 32.1. The number of carboxylic acids is 1. The first-order valence-corrected chi connectivity index (χ1v) is 6.28. The third-order valence-corrected chi connectivity index (χ3v) is 3.15. The molecule has 0 aliphatic carbocycles. The number of ether oxygens (including phenoxy) is 1. The standard InChI is InChI=1S/C12H17NO4S/c1-7-5-9(18-10(7)11(15)16)13-8(14)6-17-12(2,3)4/h5H,6H2,1-4H3,(H,13,14)(H,15,16). The van der Waals surface area contributed by atoms with Gasteiger partial charge in [0.2, 0.25) is 0 Å². The fourth-order valence-electron chi connectivity index (χ4n) is 1.21. The molecule has 6 heteroatoms. The third kappa shape index (κ3) is 4.46. The van der Waals surface area contributed by atoms with E-state index in [1.165, 1.54) is 0 Å². The van der Waals surface area contributed by atoms with Crippen LogP contribution in [0.25, 0.3) is 0 Å². The number of rotatable bonds is 4. The van der Waals surface area contributed by atoms with Crippen LogP contribution in [0.15, 0.2) is 6.07 Å². The first kappa shape index (κ1) is 14.7. The van der Waals surface area contributed by atoms with Gasteiger partial charge >= 0.3 is 5.97 Å². The van der Waals surface area contributed by atoms with Crippen molar-refractivity contribution in [2.24, 2.45) is 0 Å². The molecule has 100 valence electrons. The molecule has 1 aromatic rings. The number of thiophene rings is 1. The van der Waals surface area contributed by atoms with E-state index in [1.54, 1.807) is 13.0 Å². The molecule has 0 spiro atoms. The Labute approximate surface area is 110 Å². The van der Waals surface area contributed by atoms with Gasteiger partial charge in [-0.15, -0.1) is 11.3 Å². The minimum absolute atomic E-state index is 0.0527. The molecule has 0 aliphatic rings. The van der Waals surface area contributed by atoms with Crippen LogP contribution in [0.2, 0.25) is 0 Å². The van der Waals surface area contributed by atoms with E-state index in [0.29, 0.717) is 10.6 Å². The Bertz CT molecular complexity index is 459. The van der Waals surface area contributed by atoms with E-state index in [9.17, 15) is 9.59 Å². The Morgan fingerprint density at radius 3 is 2.50 bits per heavy atom. The highest BCUT2D eigenvalue weighted by Crippen LogP contribution is 2.26. The summed E-state index contributed by atoms with van der Waals surface area (Å²) >= 11 is 1.04. The van der Waals surface area contributed by atoms with E-state index in [4.69, 9.17) is 9.84 Å². The zero-order chi connectivity index (χ0) is 13.9. The number of aryl methyl sites for hydroxylation is 1. The van der Waals surface area contributed by atoms with Gasteiger partial charge in [-0.1, -0.05) is 0 Å². The Hall–Kier alpha value is -1.40. The van der Waals surface area contributed by atoms with Crippen LogP contribution in [0.5, 0.6) is 0 Å². The van der Waals surface area contributed by atoms with Crippen molar-refractivity contribution < 1.29 is 19.4 Å². The van der Waals surface area contributed by atoms with E-state index in [-0.39, 0.29) is 23.0 Å². The summed E-state index contributed by atoms with van der Waals surface area (Å²) in [5.41, 5.74) is 0.258. The maximum atomic E-state index is 11.6. The molecule has 2 N–H and O–H groups in total. The molecular formula is C12H17NO4S. The van der Waals surface area contributed by atoms with Crippen molar-refractivity contribution in [2.75, 3.05) is 11.9 Å². The number of amides is 1. The fraction of sp³-hybridized carbons (Fsp3) is 0.500. The minimum atomic E-state index is -0.982. The van der Waals surface area contributed by atoms with Gasteiger partial charge in [0.25, 0.3) is 5.91 Å². The van der Waals surface area contributed by atoms with Crippen LogP contribution in [-0.2, 0) is 9.53 Å². The first-order valence-electron chi connectivity index (χ1n) is 5.46. The normalized spacial score (nSPS) is 11.3. The van der Waals surface area contributed by atoms with Gasteiger partial charge in [-0.2, -0.15) is 0 Å². The van der Waals surface area contributed by atoms with Crippen LogP contribution in [0, 0.1) is 6.92 Å². The highest BCUT2D eigenvalue weighted by Gasteiger charge is 2.16. The van der Waals surface area contributed by atoms with Gasteiger partial charge in [0, 0.05) is 0 Å². The average Bonchev–Trinajstić information content (AvgIpc) is 2.55. The van der Waals surface area contributed by atoms with Crippen molar-refractivity contribution in [3.05, 3.63) is 16.5 Å². The average molecular weight is 271 g/mol. The summed E-state index contributed by atoms with van der Waals surface area (Å²) in [4.78, 5) is 22.7. The lowest BCUT2D eigenvalue weighted by atomic mass is 10.2. The van der Waals surface area contributed by atoms with Crippen molar-refractivity contribution in [2.45, 2.75) is 33.3 Å². The Morgan fingerprint density at radius 2 is 2.06 bits per heavy atom. The molecule has 0 radical (unpaired) electrons. The number of carbonyl (C=O) groups excluding carboxylic acids is 1. The molecule has 18 heavy (non-hydrogen) atoms. The van der Waals surface area contributed by atoms with Crippen LogP contribution in [-0.4, -0.2) is 29.2 Å². The maximum Gasteiger partial charge on any atom is 0.346 e. The number of carboxylic acid groups (broad SMARTS) is 1. The zero-order valence-corrected chi connectivity index (χ0v) is 11.7. The van der Waals surface area contributed by atoms with E-state index in [2.05, 4.69) is 5.32 Å². The molecule has 0 atom stereocenters. The zero-order valence-electron chi connectivity index (χ0n) is 10.9. The molecule has 0 saturated heterocycles. The van der Waals surface area contributed by atoms with Crippen LogP contribution in [0.3, 0.4) is 0 Å². The van der Waals surface area contributed by atoms with Gasteiger partial charge in [0.15, 0.2) is 0 Å². The van der Waals surface area contributed by atoms with Gasteiger partial charge in [-0.3, -0.25) is 4.79 Å². The lowest BCUT2D eigenvalue weighted by Crippen LogP contribution is -2.26. The van der Waals surface area contributed by atoms with Crippen LogP contribution in [0.1, 0.15) is 36.0 Å². The number of carbonyl (C=O) groups is 2. The summed E-state index contributed by atoms with van der Waals surface area (Å²) in [6, 6.07) is 1.64. The molecule has 1 aromatic heterocycles. The minimum Gasteiger partial charge on any atom is -0.477 e. The molecule has 0 bridgehead atoms. The molecule has 0 aromatic carbocycles. The van der Waals surface area contributed by atoms with E-state index in [1.807, 2.05) is 20.8 Å². The van der Waals surface area contributed by atoms with Crippen molar-refractivity contribution in [3.63, 3.8) is 0 Å². The quantitative estimate of drug-likeness (QED) is 0.882. The van der Waals surface area contributed by atoms with Gasteiger partial charge in [-0.05, 0) is 39.3 Å². The summed E-state index contributed by atoms with van der Waals surface area (Å²) in [6.45, 7) is 7.22. The summed E-state index contributed by atoms with van der Waals surface area (Å²) in [5, 5.41) is 12.0. The lowest BCUT2D eigenvalue weighted by Gasteiger charge is -2.18. The van der Waals surface area contributed by atoms with E-state index < -0.39 is 5.97 Å². The van der Waals surface area contributed by atoms with Crippen molar-refractivity contribution in [1.29, 1.82) is 0 Å². The second-order valence-electron chi connectivity index (χ2n) is 4.88. The van der Waals surface area contributed by atoms with Gasteiger partial charge in [0.05, 0.1) is 10.6 Å². The lowest BCUT2D eigenvalue weighted by molar-refractivity contribution is -0.125. The van der Waals surface area contributed by atoms with E-state index in [0.717, 1.165) is 11.3 Å². The summed E-state index contributed by atoms with van der Waals surface area (Å²) in [6.07, 6.45) is 0. The Morgan fingerprint density at radius 1 is 1.44 bits per heavy atom. The van der Waals surface area contributed by atoms with Gasteiger partial charge in [-0.25, -0.2) is 4.79 Å². The van der Waals surface area contributed by atoms with Gasteiger partial charge < -0.3 is 15.2 Å². The largest absolute Gasteiger partial charge is 0.477 e. The summed E-state index contributed by atoms with van der Waals surface area (Å²) in [5.74, 6) is -1.27. The van der Waals surface area contributed by atoms with E-state index >= 15 is 0 Å². The van der Waals surface area contributed by atoms with Crippen molar-refractivity contribution in [3.8, 4) is 0 Å². The molecule has 0 unspecified atom stereocenters. The topological polar surface area (TPSA) is 75.6 Å². The highest BCUT2D eigenvalue weighted by molar-refractivity contribution is 7.18. The monoisotopic (exact) mass is 271 g/mol. The number of hydrogen-bond acceptors (Lipinski definition) is 4. The molecule has 1 amide bonds. The SMILES string of the molecule is Cc1cc(NC(=O)COC(C)(C)C)sc1C(=O)O. The second kappa shape index (κ2) is 5.49. The second-order valence-corrected chi connectivity index (χ2v) is 5.93. The number of aromatic carboxylic acids is 1. The number of nitrogens with one attached hydrogen (secondary N) is 1. The molecule has 0 aliphatic heterocycles. The van der Waals surface area contributed by atoms with Crippen LogP contribution in [0.4, 0.5) is 5.00 Å². The Kier molecular flexibility index (Phi) is 4.48. The first-order chi connectivity index (χ1) is 8.19. The van der Waals surface area contributed by atoms with Crippen molar-refractivity contribution in [1.82, 2.24) is 0 Å². The molecule has 0 saturated carbocycles. The number of anilines is 1. The fourth-order valence-corrected chi connectivity index (χ4v) is 2.14. The summed E-state index contributed by atoms with van der Waals surface area (Å²) in [7, 11) is 0. The molecule has 1 heterocycles. The van der Waals surface area contributed by atoms with Crippen LogP contribution < -0.4 is 5.32 Å². The van der Waals surface area contributed by atoms with Crippen LogP contribution >= 0.6 is 11.3 Å². The predicted octanol–water partition coefficient (Wildman–Crippen LogP) is 2.51. The van der Waals surface area contributed by atoms with Gasteiger partial charge in [0.1, 0.15) is 11.5 Å². The molecular weight excluding hydrogens is 254 g/mol. The predicted molar refractivity (Wildman–Crippen MR) is 70.4 cm³/mol. The van der Waals surface area contributed by atoms with Crippen molar-refractivity contribution >= 4 is 28.2 Å². The molecule has 1 rings (SSSR count). The summed E-state index contributed by atoms with van der Waals surface area (Å²) < 4.78 is 5.32. The Balaban J connectivity index is 2.60. The third-order valence-electron chi connectivity index (χ3n) is 2.01. The molecule has 5 nitrogen and oxygen atoms in total. The maximum absolute atomic E-state index is 11.6.